The van der Waals surface area contributed by atoms with Crippen molar-refractivity contribution in [3.8, 4) is 5.75 Å². The lowest BCUT2D eigenvalue weighted by Gasteiger charge is -2.09. The first kappa shape index (κ1) is 11.5. The van der Waals surface area contributed by atoms with E-state index in [0.717, 1.165) is 11.1 Å². The molecule has 0 fully saturated rings. The first-order valence-electron chi connectivity index (χ1n) is 5.38. The summed E-state index contributed by atoms with van der Waals surface area (Å²) in [5, 5.41) is 0. The van der Waals surface area contributed by atoms with Crippen molar-refractivity contribution in [2.75, 3.05) is 5.73 Å². The highest BCUT2D eigenvalue weighted by Gasteiger charge is 2.01. The van der Waals surface area contributed by atoms with E-state index >= 15 is 0 Å². The van der Waals surface area contributed by atoms with Crippen LogP contribution < -0.4 is 10.5 Å². The highest BCUT2D eigenvalue weighted by atomic mass is 19.1. The van der Waals surface area contributed by atoms with Crippen LogP contribution in [0.3, 0.4) is 0 Å². The Morgan fingerprint density at radius 1 is 1.18 bits per heavy atom. The number of nitrogens with two attached hydrogens (primary N) is 1. The van der Waals surface area contributed by atoms with Gasteiger partial charge >= 0.3 is 0 Å². The predicted octanol–water partition coefficient (Wildman–Crippen LogP) is 3.30. The number of benzene rings is 2. The molecule has 2 aromatic rings. The topological polar surface area (TPSA) is 35.2 Å². The summed E-state index contributed by atoms with van der Waals surface area (Å²) in [5.74, 6) is 0.490. The fraction of sp³-hybridized carbons (Fsp3) is 0.143. The number of anilines is 1. The molecule has 0 unspecified atom stereocenters. The maximum Gasteiger partial charge on any atom is 0.123 e. The molecule has 3 heteroatoms. The SMILES string of the molecule is Cc1cc(F)ccc1COc1cccc(N)c1. The van der Waals surface area contributed by atoms with Crippen molar-refractivity contribution in [3.63, 3.8) is 0 Å². The summed E-state index contributed by atoms with van der Waals surface area (Å²) in [6.45, 7) is 2.27. The van der Waals surface area contributed by atoms with Gasteiger partial charge in [-0.25, -0.2) is 4.39 Å². The van der Waals surface area contributed by atoms with Gasteiger partial charge in [0.2, 0.25) is 0 Å². The van der Waals surface area contributed by atoms with Crippen LogP contribution in [0.4, 0.5) is 10.1 Å². The number of rotatable bonds is 3. The lowest BCUT2D eigenvalue weighted by atomic mass is 10.1. The van der Waals surface area contributed by atoms with Crippen molar-refractivity contribution in [2.24, 2.45) is 0 Å². The Hall–Kier alpha value is -2.03. The van der Waals surface area contributed by atoms with Crippen molar-refractivity contribution in [1.82, 2.24) is 0 Å². The van der Waals surface area contributed by atoms with Gasteiger partial charge in [-0.1, -0.05) is 12.1 Å². The van der Waals surface area contributed by atoms with Crippen molar-refractivity contribution in [1.29, 1.82) is 0 Å². The summed E-state index contributed by atoms with van der Waals surface area (Å²) >= 11 is 0. The predicted molar refractivity (Wildman–Crippen MR) is 66.3 cm³/mol. The molecule has 0 aliphatic rings. The van der Waals surface area contributed by atoms with Gasteiger partial charge in [-0.05, 0) is 42.3 Å². The van der Waals surface area contributed by atoms with Crippen molar-refractivity contribution in [3.05, 3.63) is 59.4 Å². The second-order valence-electron chi connectivity index (χ2n) is 3.93. The van der Waals surface area contributed by atoms with Gasteiger partial charge < -0.3 is 10.5 Å². The average Bonchev–Trinajstić information content (AvgIpc) is 2.28. The van der Waals surface area contributed by atoms with E-state index in [-0.39, 0.29) is 5.82 Å². The van der Waals surface area contributed by atoms with Gasteiger partial charge in [0, 0.05) is 11.8 Å². The Morgan fingerprint density at radius 2 is 2.00 bits per heavy atom. The molecule has 2 nitrogen and oxygen atoms in total. The monoisotopic (exact) mass is 231 g/mol. The van der Waals surface area contributed by atoms with E-state index in [1.807, 2.05) is 19.1 Å². The highest BCUT2D eigenvalue weighted by molar-refractivity contribution is 5.43. The molecule has 0 radical (unpaired) electrons. The molecule has 0 heterocycles. The molecule has 0 saturated carbocycles. The molecule has 0 aliphatic heterocycles. The molecule has 2 rings (SSSR count). The second kappa shape index (κ2) is 4.87. The molecule has 17 heavy (non-hydrogen) atoms. The molecule has 2 aromatic carbocycles. The molecule has 0 amide bonds. The molecule has 0 saturated heterocycles. The number of hydrogen-bond acceptors (Lipinski definition) is 2. The molecule has 2 N–H and O–H groups in total. The Morgan fingerprint density at radius 3 is 2.71 bits per heavy atom. The van der Waals surface area contributed by atoms with E-state index in [0.29, 0.717) is 18.0 Å². The third-order valence-electron chi connectivity index (χ3n) is 2.56. The summed E-state index contributed by atoms with van der Waals surface area (Å²) < 4.78 is 18.5. The molecule has 0 bridgehead atoms. The Labute approximate surface area is 99.8 Å². The Balaban J connectivity index is 2.07. The van der Waals surface area contributed by atoms with E-state index in [1.54, 1.807) is 18.2 Å². The van der Waals surface area contributed by atoms with Crippen molar-refractivity contribution in [2.45, 2.75) is 13.5 Å². The zero-order valence-corrected chi connectivity index (χ0v) is 9.61. The fourth-order valence-electron chi connectivity index (χ4n) is 1.59. The van der Waals surface area contributed by atoms with Crippen LogP contribution in [0.5, 0.6) is 5.75 Å². The zero-order chi connectivity index (χ0) is 12.3. The summed E-state index contributed by atoms with van der Waals surface area (Å²) in [7, 11) is 0. The summed E-state index contributed by atoms with van der Waals surface area (Å²) in [4.78, 5) is 0. The van der Waals surface area contributed by atoms with Gasteiger partial charge in [-0.15, -0.1) is 0 Å². The molecule has 0 spiro atoms. The van der Waals surface area contributed by atoms with Crippen LogP contribution in [-0.4, -0.2) is 0 Å². The van der Waals surface area contributed by atoms with Gasteiger partial charge in [-0.3, -0.25) is 0 Å². The van der Waals surface area contributed by atoms with E-state index in [9.17, 15) is 4.39 Å². The van der Waals surface area contributed by atoms with Gasteiger partial charge in [0.1, 0.15) is 18.2 Å². The van der Waals surface area contributed by atoms with Crippen LogP contribution in [0.2, 0.25) is 0 Å². The fourth-order valence-corrected chi connectivity index (χ4v) is 1.59. The molecular weight excluding hydrogens is 217 g/mol. The molecular formula is C14H14FNO. The maximum absolute atomic E-state index is 12.9. The number of nitrogen functional groups attached to an aromatic ring is 1. The van der Waals surface area contributed by atoms with Crippen molar-refractivity contribution >= 4 is 5.69 Å². The van der Waals surface area contributed by atoms with Crippen LogP contribution in [0.25, 0.3) is 0 Å². The number of ether oxygens (including phenoxy) is 1. The minimum Gasteiger partial charge on any atom is -0.489 e. The van der Waals surface area contributed by atoms with Crippen LogP contribution in [0, 0.1) is 12.7 Å². The maximum atomic E-state index is 12.9. The lowest BCUT2D eigenvalue weighted by molar-refractivity contribution is 0.305. The average molecular weight is 231 g/mol. The zero-order valence-electron chi connectivity index (χ0n) is 9.61. The first-order valence-corrected chi connectivity index (χ1v) is 5.38. The van der Waals surface area contributed by atoms with Crippen molar-refractivity contribution < 1.29 is 9.13 Å². The molecule has 0 atom stereocenters. The Bertz CT molecular complexity index is 525. The summed E-state index contributed by atoms with van der Waals surface area (Å²) in [6.07, 6.45) is 0. The van der Waals surface area contributed by atoms with E-state index in [2.05, 4.69) is 0 Å². The van der Waals surface area contributed by atoms with Gasteiger partial charge in [0.15, 0.2) is 0 Å². The molecule has 88 valence electrons. The van der Waals surface area contributed by atoms with Gasteiger partial charge in [0.05, 0.1) is 0 Å². The molecule has 0 aromatic heterocycles. The summed E-state index contributed by atoms with van der Waals surface area (Å²) in [6, 6.07) is 11.9. The number of aryl methyl sites for hydroxylation is 1. The highest BCUT2D eigenvalue weighted by Crippen LogP contribution is 2.17. The third-order valence-corrected chi connectivity index (χ3v) is 2.56. The second-order valence-corrected chi connectivity index (χ2v) is 3.93. The van der Waals surface area contributed by atoms with Gasteiger partial charge in [-0.2, -0.15) is 0 Å². The molecule has 0 aliphatic carbocycles. The minimum atomic E-state index is -0.227. The van der Waals surface area contributed by atoms with E-state index in [4.69, 9.17) is 10.5 Å². The van der Waals surface area contributed by atoms with Crippen LogP contribution >= 0.6 is 0 Å². The van der Waals surface area contributed by atoms with Crippen LogP contribution in [0.1, 0.15) is 11.1 Å². The first-order chi connectivity index (χ1) is 8.15. The Kier molecular flexibility index (Phi) is 3.28. The quantitative estimate of drug-likeness (QED) is 0.822. The third kappa shape index (κ3) is 2.97. The van der Waals surface area contributed by atoms with E-state index in [1.165, 1.54) is 12.1 Å². The largest absolute Gasteiger partial charge is 0.489 e. The summed E-state index contributed by atoms with van der Waals surface area (Å²) in [5.41, 5.74) is 8.16. The smallest absolute Gasteiger partial charge is 0.123 e. The lowest BCUT2D eigenvalue weighted by Crippen LogP contribution is -1.98. The van der Waals surface area contributed by atoms with Crippen LogP contribution in [-0.2, 0) is 6.61 Å². The standard InChI is InChI=1S/C14H14FNO/c1-10-7-12(15)6-5-11(10)9-17-14-4-2-3-13(16)8-14/h2-8H,9,16H2,1H3. The minimum absolute atomic E-state index is 0.227. The number of halogens is 1. The normalized spacial score (nSPS) is 10.2. The van der Waals surface area contributed by atoms with Crippen LogP contribution in [0.15, 0.2) is 42.5 Å². The number of hydrogen-bond donors (Lipinski definition) is 1. The van der Waals surface area contributed by atoms with Gasteiger partial charge in [0.25, 0.3) is 0 Å². The van der Waals surface area contributed by atoms with E-state index < -0.39 is 0 Å².